The van der Waals surface area contributed by atoms with Crippen molar-refractivity contribution in [1.29, 1.82) is 0 Å². The molecular weight excluding hydrogens is 126 g/mol. The Morgan fingerprint density at radius 2 is 2.00 bits per heavy atom. The SMILES string of the molecule is C=CC(=CC=C(C)C)N=O. The summed E-state index contributed by atoms with van der Waals surface area (Å²) in [6, 6.07) is 0. The number of hydrogen-bond donors (Lipinski definition) is 0. The minimum Gasteiger partial charge on any atom is -0.145 e. The van der Waals surface area contributed by atoms with Crippen molar-refractivity contribution in [1.82, 2.24) is 0 Å². The molecule has 0 saturated heterocycles. The first-order valence-corrected chi connectivity index (χ1v) is 3.01. The Hall–Kier alpha value is -1.18. The number of rotatable bonds is 3. The van der Waals surface area contributed by atoms with E-state index >= 15 is 0 Å². The standard InChI is InChI=1S/C8H11NO/c1-4-8(9-10)6-5-7(2)3/h4-6H,1H2,2-3H3. The fraction of sp³-hybridized carbons (Fsp3) is 0.250. The van der Waals surface area contributed by atoms with E-state index in [4.69, 9.17) is 0 Å². The van der Waals surface area contributed by atoms with Crippen LogP contribution in [0.2, 0.25) is 0 Å². The lowest BCUT2D eigenvalue weighted by Crippen LogP contribution is -1.67. The van der Waals surface area contributed by atoms with E-state index in [9.17, 15) is 4.91 Å². The molecule has 0 amide bonds. The second kappa shape index (κ2) is 4.68. The Balaban J connectivity index is 4.26. The molecule has 0 radical (unpaired) electrons. The van der Waals surface area contributed by atoms with Crippen LogP contribution in [0.15, 0.2) is 41.3 Å². The van der Waals surface area contributed by atoms with E-state index in [1.165, 1.54) is 6.08 Å². The smallest absolute Gasteiger partial charge is 0.107 e. The van der Waals surface area contributed by atoms with Gasteiger partial charge < -0.3 is 0 Å². The summed E-state index contributed by atoms with van der Waals surface area (Å²) in [5.74, 6) is 0. The summed E-state index contributed by atoms with van der Waals surface area (Å²) in [7, 11) is 0. The van der Waals surface area contributed by atoms with Crippen molar-refractivity contribution in [2.24, 2.45) is 5.18 Å². The zero-order valence-corrected chi connectivity index (χ0v) is 6.29. The molecule has 0 aliphatic carbocycles. The second-order valence-electron chi connectivity index (χ2n) is 2.13. The van der Waals surface area contributed by atoms with Crippen molar-refractivity contribution in [3.63, 3.8) is 0 Å². The number of hydrogen-bond acceptors (Lipinski definition) is 2. The summed E-state index contributed by atoms with van der Waals surface area (Å²) in [6.45, 7) is 7.31. The lowest BCUT2D eigenvalue weighted by molar-refractivity contribution is 1.35. The zero-order chi connectivity index (χ0) is 7.98. The topological polar surface area (TPSA) is 29.4 Å². The average molecular weight is 137 g/mol. The van der Waals surface area contributed by atoms with Crippen molar-refractivity contribution < 1.29 is 0 Å². The molecule has 0 atom stereocenters. The van der Waals surface area contributed by atoms with Gasteiger partial charge in [-0.2, -0.15) is 0 Å². The monoisotopic (exact) mass is 137 g/mol. The van der Waals surface area contributed by atoms with Crippen LogP contribution in [-0.4, -0.2) is 0 Å². The van der Waals surface area contributed by atoms with Crippen LogP contribution in [0.4, 0.5) is 0 Å². The third-order valence-electron chi connectivity index (χ3n) is 0.902. The molecule has 0 heterocycles. The molecule has 10 heavy (non-hydrogen) atoms. The quantitative estimate of drug-likeness (QED) is 0.434. The van der Waals surface area contributed by atoms with E-state index in [0.29, 0.717) is 5.70 Å². The van der Waals surface area contributed by atoms with Gasteiger partial charge in [0.25, 0.3) is 0 Å². The lowest BCUT2D eigenvalue weighted by atomic mass is 10.3. The summed E-state index contributed by atoms with van der Waals surface area (Å²) in [4.78, 5) is 9.93. The molecule has 0 bridgehead atoms. The van der Waals surface area contributed by atoms with Gasteiger partial charge in [-0.05, 0) is 31.2 Å². The average Bonchev–Trinajstić information content (AvgIpc) is 1.90. The highest BCUT2D eigenvalue weighted by atomic mass is 16.3. The van der Waals surface area contributed by atoms with Gasteiger partial charge in [-0.15, -0.1) is 4.91 Å². The van der Waals surface area contributed by atoms with Crippen LogP contribution < -0.4 is 0 Å². The van der Waals surface area contributed by atoms with E-state index in [2.05, 4.69) is 11.8 Å². The van der Waals surface area contributed by atoms with Crippen LogP contribution in [0.3, 0.4) is 0 Å². The molecule has 0 unspecified atom stereocenters. The van der Waals surface area contributed by atoms with Gasteiger partial charge >= 0.3 is 0 Å². The Morgan fingerprint density at radius 3 is 2.30 bits per heavy atom. The predicted octanol–water partition coefficient (Wildman–Crippen LogP) is 2.79. The van der Waals surface area contributed by atoms with Gasteiger partial charge in [-0.1, -0.05) is 18.2 Å². The molecule has 0 rings (SSSR count). The first kappa shape index (κ1) is 8.82. The molecule has 0 fully saturated rings. The molecule has 0 aromatic carbocycles. The van der Waals surface area contributed by atoms with Crippen LogP contribution in [0.1, 0.15) is 13.8 Å². The van der Waals surface area contributed by atoms with Crippen LogP contribution >= 0.6 is 0 Å². The van der Waals surface area contributed by atoms with E-state index < -0.39 is 0 Å². The molecule has 0 aliphatic heterocycles. The Kier molecular flexibility index (Phi) is 4.12. The molecule has 0 aromatic rings. The van der Waals surface area contributed by atoms with Gasteiger partial charge in [0.2, 0.25) is 0 Å². The first-order chi connectivity index (χ1) is 4.70. The highest BCUT2D eigenvalue weighted by molar-refractivity contribution is 5.22. The fourth-order valence-electron chi connectivity index (χ4n) is 0.388. The van der Waals surface area contributed by atoms with Crippen molar-refractivity contribution in [3.8, 4) is 0 Å². The van der Waals surface area contributed by atoms with E-state index in [-0.39, 0.29) is 0 Å². The maximum absolute atomic E-state index is 9.93. The van der Waals surface area contributed by atoms with Crippen molar-refractivity contribution in [2.75, 3.05) is 0 Å². The summed E-state index contributed by atoms with van der Waals surface area (Å²) in [5.41, 5.74) is 1.49. The summed E-state index contributed by atoms with van der Waals surface area (Å²) >= 11 is 0. The molecule has 0 N–H and O–H groups in total. The predicted molar refractivity (Wildman–Crippen MR) is 43.5 cm³/mol. The maximum atomic E-state index is 9.93. The van der Waals surface area contributed by atoms with E-state index in [1.807, 2.05) is 19.9 Å². The molecule has 0 saturated carbocycles. The molecule has 0 spiro atoms. The Morgan fingerprint density at radius 1 is 1.40 bits per heavy atom. The van der Waals surface area contributed by atoms with Gasteiger partial charge in [0.05, 0.1) is 0 Å². The third kappa shape index (κ3) is 3.78. The highest BCUT2D eigenvalue weighted by Crippen LogP contribution is 1.98. The number of nitrogens with zero attached hydrogens (tertiary/aromatic N) is 1. The molecule has 54 valence electrons. The van der Waals surface area contributed by atoms with Gasteiger partial charge in [0.15, 0.2) is 0 Å². The molecule has 2 heteroatoms. The first-order valence-electron chi connectivity index (χ1n) is 3.01. The minimum absolute atomic E-state index is 0.362. The molecule has 0 aliphatic rings. The van der Waals surface area contributed by atoms with Crippen molar-refractivity contribution >= 4 is 0 Å². The van der Waals surface area contributed by atoms with Crippen molar-refractivity contribution in [3.05, 3.63) is 41.0 Å². The summed E-state index contributed by atoms with van der Waals surface area (Å²) < 4.78 is 0. The highest BCUT2D eigenvalue weighted by Gasteiger charge is 1.83. The van der Waals surface area contributed by atoms with Crippen LogP contribution in [0.25, 0.3) is 0 Å². The molecular formula is C8H11NO. The van der Waals surface area contributed by atoms with E-state index in [0.717, 1.165) is 5.57 Å². The van der Waals surface area contributed by atoms with Gasteiger partial charge in [0.1, 0.15) is 5.70 Å². The van der Waals surface area contributed by atoms with Crippen LogP contribution in [0, 0.1) is 4.91 Å². The lowest BCUT2D eigenvalue weighted by Gasteiger charge is -1.84. The minimum atomic E-state index is 0.362. The van der Waals surface area contributed by atoms with Gasteiger partial charge in [-0.25, -0.2) is 0 Å². The normalized spacial score (nSPS) is 10.4. The largest absolute Gasteiger partial charge is 0.145 e. The Labute approximate surface area is 60.9 Å². The number of allylic oxidation sites excluding steroid dienone is 4. The Bertz CT molecular complexity index is 175. The fourth-order valence-corrected chi connectivity index (χ4v) is 0.388. The number of nitroso groups, excluding NO2 is 1. The second-order valence-corrected chi connectivity index (χ2v) is 2.13. The van der Waals surface area contributed by atoms with E-state index in [1.54, 1.807) is 6.08 Å². The zero-order valence-electron chi connectivity index (χ0n) is 6.29. The third-order valence-corrected chi connectivity index (χ3v) is 0.902. The van der Waals surface area contributed by atoms with Crippen LogP contribution in [-0.2, 0) is 0 Å². The molecule has 2 nitrogen and oxygen atoms in total. The van der Waals surface area contributed by atoms with Crippen LogP contribution in [0.5, 0.6) is 0 Å². The van der Waals surface area contributed by atoms with Crippen molar-refractivity contribution in [2.45, 2.75) is 13.8 Å². The van der Waals surface area contributed by atoms with Gasteiger partial charge in [-0.3, -0.25) is 0 Å². The maximum Gasteiger partial charge on any atom is 0.107 e. The summed E-state index contributed by atoms with van der Waals surface area (Å²) in [6.07, 6.45) is 4.88. The molecule has 0 aromatic heterocycles. The van der Waals surface area contributed by atoms with Gasteiger partial charge in [0, 0.05) is 0 Å². The summed E-state index contributed by atoms with van der Waals surface area (Å²) in [5, 5.41) is 2.73.